The Morgan fingerprint density at radius 1 is 1.24 bits per heavy atom. The Morgan fingerprint density at radius 2 is 2.14 bits per heavy atom. The third-order valence-electron chi connectivity index (χ3n) is 4.93. The number of rotatable bonds is 8. The number of nitrogens with zero attached hydrogens (tertiary/aromatic N) is 4. The van der Waals surface area contributed by atoms with Crippen LogP contribution in [0.2, 0.25) is 0 Å². The molecule has 0 aliphatic carbocycles. The minimum absolute atomic E-state index is 0.0196. The van der Waals surface area contributed by atoms with Crippen molar-refractivity contribution >= 4 is 33.3 Å². The summed E-state index contributed by atoms with van der Waals surface area (Å²) >= 11 is 1.38. The number of nitrogens with one attached hydrogen (secondary N) is 1. The highest BCUT2D eigenvalue weighted by molar-refractivity contribution is 7.15. The predicted octanol–water partition coefficient (Wildman–Crippen LogP) is 3.30. The van der Waals surface area contributed by atoms with Crippen molar-refractivity contribution in [3.8, 4) is 0 Å². The molecule has 0 bridgehead atoms. The first kappa shape index (κ1) is 19.7. The van der Waals surface area contributed by atoms with Gasteiger partial charge in [-0.1, -0.05) is 29.9 Å². The second-order valence-corrected chi connectivity index (χ2v) is 8.08. The summed E-state index contributed by atoms with van der Waals surface area (Å²) in [6.07, 6.45) is 6.44. The van der Waals surface area contributed by atoms with E-state index in [1.54, 1.807) is 17.0 Å². The molecule has 1 atom stereocenters. The number of hydrogen-bond acceptors (Lipinski definition) is 7. The zero-order chi connectivity index (χ0) is 20.1. The summed E-state index contributed by atoms with van der Waals surface area (Å²) in [5, 5.41) is 12.9. The molecule has 1 saturated heterocycles. The highest BCUT2D eigenvalue weighted by Crippen LogP contribution is 2.31. The number of para-hydroxylation sites is 1. The van der Waals surface area contributed by atoms with Crippen LogP contribution in [0.1, 0.15) is 49.6 Å². The first-order valence-electron chi connectivity index (χ1n) is 9.90. The minimum atomic E-state index is -0.0652. The quantitative estimate of drug-likeness (QED) is 0.569. The average molecular weight is 414 g/mol. The Hall–Kier alpha value is -2.65. The molecule has 2 aromatic heterocycles. The van der Waals surface area contributed by atoms with Gasteiger partial charge < -0.3 is 10.1 Å². The molecule has 3 heterocycles. The fourth-order valence-electron chi connectivity index (χ4n) is 3.38. The van der Waals surface area contributed by atoms with Crippen LogP contribution >= 0.6 is 11.3 Å². The van der Waals surface area contributed by atoms with Crippen molar-refractivity contribution in [1.82, 2.24) is 19.7 Å². The Morgan fingerprint density at radius 3 is 3.00 bits per heavy atom. The van der Waals surface area contributed by atoms with E-state index >= 15 is 0 Å². The van der Waals surface area contributed by atoms with Gasteiger partial charge >= 0.3 is 0 Å². The Balaban J connectivity index is 1.19. The van der Waals surface area contributed by atoms with Crippen LogP contribution in [-0.4, -0.2) is 32.3 Å². The first-order chi connectivity index (χ1) is 14.2. The highest BCUT2D eigenvalue weighted by Gasteiger charge is 2.22. The lowest BCUT2D eigenvalue weighted by Gasteiger charge is -2.06. The molecule has 1 amide bonds. The fraction of sp³-hybridized carbons (Fsp3) is 0.450. The van der Waals surface area contributed by atoms with Gasteiger partial charge in [0.15, 0.2) is 0 Å². The maximum absolute atomic E-state index is 12.4. The summed E-state index contributed by atoms with van der Waals surface area (Å²) in [5.74, 6) is -0.0652. The number of unbranched alkanes of at least 4 members (excludes halogenated alkanes) is 2. The van der Waals surface area contributed by atoms with Crippen LogP contribution in [-0.2, 0) is 16.1 Å². The van der Waals surface area contributed by atoms with E-state index in [9.17, 15) is 9.59 Å². The summed E-state index contributed by atoms with van der Waals surface area (Å²) in [5.41, 5.74) is 0.691. The molecule has 1 fully saturated rings. The molecule has 1 aliphatic rings. The molecular weight excluding hydrogens is 390 g/mol. The summed E-state index contributed by atoms with van der Waals surface area (Å²) < 4.78 is 7.22. The normalized spacial score (nSPS) is 16.3. The highest BCUT2D eigenvalue weighted by atomic mass is 32.1. The number of fused-ring (bicyclic) bond motifs is 1. The number of ether oxygens (including phenoxy) is 1. The van der Waals surface area contributed by atoms with E-state index in [0.29, 0.717) is 29.0 Å². The molecule has 3 aromatic rings. The fourth-order valence-corrected chi connectivity index (χ4v) is 4.22. The average Bonchev–Trinajstić information content (AvgIpc) is 3.41. The second-order valence-electron chi connectivity index (χ2n) is 7.07. The van der Waals surface area contributed by atoms with Crippen molar-refractivity contribution in [1.29, 1.82) is 0 Å². The van der Waals surface area contributed by atoms with Gasteiger partial charge in [0.1, 0.15) is 11.1 Å². The maximum Gasteiger partial charge on any atom is 0.261 e. The van der Waals surface area contributed by atoms with Crippen LogP contribution < -0.4 is 10.9 Å². The van der Waals surface area contributed by atoms with Crippen LogP contribution in [0.3, 0.4) is 0 Å². The van der Waals surface area contributed by atoms with Gasteiger partial charge in [-0.15, -0.1) is 10.2 Å². The molecule has 4 rings (SSSR count). The van der Waals surface area contributed by atoms with E-state index in [1.807, 2.05) is 18.2 Å². The van der Waals surface area contributed by atoms with Crippen molar-refractivity contribution in [2.24, 2.45) is 0 Å². The van der Waals surface area contributed by atoms with Gasteiger partial charge in [0.25, 0.3) is 5.56 Å². The number of hydrogen-bond donors (Lipinski definition) is 1. The zero-order valence-electron chi connectivity index (χ0n) is 16.0. The van der Waals surface area contributed by atoms with Crippen molar-refractivity contribution in [3.05, 3.63) is 46.0 Å². The zero-order valence-corrected chi connectivity index (χ0v) is 16.9. The van der Waals surface area contributed by atoms with Gasteiger partial charge in [0.2, 0.25) is 11.0 Å². The molecular formula is C20H23N5O3S. The van der Waals surface area contributed by atoms with Gasteiger partial charge in [-0.05, 0) is 37.8 Å². The Kier molecular flexibility index (Phi) is 6.26. The number of aryl methyl sites for hydroxylation is 1. The predicted molar refractivity (Wildman–Crippen MR) is 111 cm³/mol. The topological polar surface area (TPSA) is 99.0 Å². The van der Waals surface area contributed by atoms with E-state index in [-0.39, 0.29) is 17.6 Å². The lowest BCUT2D eigenvalue weighted by Crippen LogP contribution is -2.20. The van der Waals surface area contributed by atoms with Crippen molar-refractivity contribution in [2.45, 2.75) is 51.2 Å². The van der Waals surface area contributed by atoms with Crippen LogP contribution in [0.4, 0.5) is 5.13 Å². The SMILES string of the molecule is O=C(CCCCCn1cnc2ccccc2c1=O)Nc1nnc(C2CCCO2)s1. The van der Waals surface area contributed by atoms with Crippen LogP contribution in [0.5, 0.6) is 0 Å². The van der Waals surface area contributed by atoms with E-state index in [4.69, 9.17) is 4.74 Å². The van der Waals surface area contributed by atoms with E-state index < -0.39 is 0 Å². The second kappa shape index (κ2) is 9.23. The van der Waals surface area contributed by atoms with Gasteiger partial charge in [-0.25, -0.2) is 4.98 Å². The Labute approximate surface area is 171 Å². The van der Waals surface area contributed by atoms with Crippen LogP contribution in [0.15, 0.2) is 35.4 Å². The van der Waals surface area contributed by atoms with Gasteiger partial charge in [-0.3, -0.25) is 14.2 Å². The molecule has 9 heteroatoms. The molecule has 1 unspecified atom stereocenters. The van der Waals surface area contributed by atoms with Crippen molar-refractivity contribution in [3.63, 3.8) is 0 Å². The van der Waals surface area contributed by atoms with Crippen molar-refractivity contribution < 1.29 is 9.53 Å². The Bertz CT molecular complexity index is 1040. The smallest absolute Gasteiger partial charge is 0.261 e. The molecule has 0 spiro atoms. The van der Waals surface area contributed by atoms with Crippen LogP contribution in [0, 0.1) is 0 Å². The number of benzene rings is 1. The molecule has 0 saturated carbocycles. The van der Waals surface area contributed by atoms with Gasteiger partial charge in [-0.2, -0.15) is 0 Å². The molecule has 0 radical (unpaired) electrons. The summed E-state index contributed by atoms with van der Waals surface area (Å²) in [6.45, 7) is 1.35. The minimum Gasteiger partial charge on any atom is -0.371 e. The number of carbonyl (C=O) groups is 1. The summed E-state index contributed by atoms with van der Waals surface area (Å²) in [7, 11) is 0. The molecule has 29 heavy (non-hydrogen) atoms. The molecule has 1 aromatic carbocycles. The van der Waals surface area contributed by atoms with E-state index in [1.165, 1.54) is 11.3 Å². The number of amides is 1. The van der Waals surface area contributed by atoms with Crippen LogP contribution in [0.25, 0.3) is 10.9 Å². The standard InChI is InChI=1S/C20H23N5O3S/c26-17(22-20-24-23-18(29-20)16-9-6-12-28-16)10-2-1-5-11-25-13-21-15-8-4-3-7-14(15)19(25)27/h3-4,7-8,13,16H,1-2,5-6,9-12H2,(H,22,24,26). The van der Waals surface area contributed by atoms with Crippen molar-refractivity contribution in [2.75, 3.05) is 11.9 Å². The van der Waals surface area contributed by atoms with Gasteiger partial charge in [0.05, 0.1) is 17.2 Å². The third-order valence-corrected chi connectivity index (χ3v) is 5.86. The molecule has 8 nitrogen and oxygen atoms in total. The lowest BCUT2D eigenvalue weighted by molar-refractivity contribution is -0.116. The first-order valence-corrected chi connectivity index (χ1v) is 10.7. The molecule has 152 valence electrons. The largest absolute Gasteiger partial charge is 0.371 e. The summed E-state index contributed by atoms with van der Waals surface area (Å²) in [4.78, 5) is 28.9. The third kappa shape index (κ3) is 4.86. The van der Waals surface area contributed by atoms with Gasteiger partial charge in [0, 0.05) is 19.6 Å². The number of aromatic nitrogens is 4. The maximum atomic E-state index is 12.4. The number of carbonyl (C=O) groups excluding carboxylic acids is 1. The molecule has 1 N–H and O–H groups in total. The van der Waals surface area contributed by atoms with E-state index in [2.05, 4.69) is 20.5 Å². The summed E-state index contributed by atoms with van der Waals surface area (Å²) in [6, 6.07) is 7.34. The molecule has 1 aliphatic heterocycles. The number of anilines is 1. The lowest BCUT2D eigenvalue weighted by atomic mass is 10.2. The monoisotopic (exact) mass is 413 g/mol. The van der Waals surface area contributed by atoms with E-state index in [0.717, 1.165) is 43.7 Å².